The first kappa shape index (κ1) is 28.4. The number of benzene rings is 1. The van der Waals surface area contributed by atoms with E-state index in [0.717, 1.165) is 0 Å². The van der Waals surface area contributed by atoms with E-state index in [1.54, 1.807) is 0 Å². The second kappa shape index (κ2) is 31.6. The molecular formula is C21H44. The summed E-state index contributed by atoms with van der Waals surface area (Å²) in [5.74, 6) is 0. The standard InChI is InChI=1S/C8H10.C5H12.C4H10.2C2H6/c1-7-5-3-4-6-8(7)2;1-3-5-4-2;1-3-4-2;2*1-2/h3-6H,1-2H3;3-5H2,1-2H3;3-4H2,1-2H3;2*1-2H3. The van der Waals surface area contributed by atoms with Crippen LogP contribution in [0.4, 0.5) is 0 Å². The van der Waals surface area contributed by atoms with Crippen LogP contribution in [-0.4, -0.2) is 0 Å². The molecule has 0 N–H and O–H groups in total. The van der Waals surface area contributed by atoms with Crippen molar-refractivity contribution in [1.29, 1.82) is 0 Å². The van der Waals surface area contributed by atoms with Crippen LogP contribution < -0.4 is 0 Å². The number of aryl methyl sites for hydroxylation is 2. The van der Waals surface area contributed by atoms with Crippen LogP contribution in [0.2, 0.25) is 0 Å². The average molecular weight is 297 g/mol. The van der Waals surface area contributed by atoms with Crippen LogP contribution in [0.1, 0.15) is 98.6 Å². The van der Waals surface area contributed by atoms with E-state index in [1.165, 1.54) is 43.2 Å². The molecule has 0 heteroatoms. The molecule has 0 saturated heterocycles. The van der Waals surface area contributed by atoms with E-state index in [4.69, 9.17) is 0 Å². The molecule has 0 unspecified atom stereocenters. The number of unbranched alkanes of at least 4 members (excludes halogenated alkanes) is 3. The smallest absolute Gasteiger partial charge is 0.0395 e. The molecule has 0 spiro atoms. The highest BCUT2D eigenvalue weighted by Crippen LogP contribution is 2.02. The van der Waals surface area contributed by atoms with Gasteiger partial charge in [-0.05, 0) is 25.0 Å². The molecule has 0 aromatic heterocycles. The van der Waals surface area contributed by atoms with E-state index >= 15 is 0 Å². The Labute approximate surface area is 137 Å². The highest BCUT2D eigenvalue weighted by Gasteiger charge is 1.83. The molecule has 1 aromatic carbocycles. The Kier molecular flexibility index (Phi) is 42.7. The quantitative estimate of drug-likeness (QED) is 0.525. The van der Waals surface area contributed by atoms with Gasteiger partial charge < -0.3 is 0 Å². The van der Waals surface area contributed by atoms with Gasteiger partial charge in [-0.3, -0.25) is 0 Å². The molecule has 0 aliphatic heterocycles. The minimum Gasteiger partial charge on any atom is -0.0683 e. The predicted octanol–water partition coefficient (Wildman–Crippen LogP) is 8.36. The first-order valence-electron chi connectivity index (χ1n) is 9.16. The fourth-order valence-corrected chi connectivity index (χ4v) is 1.02. The third-order valence-corrected chi connectivity index (χ3v) is 2.63. The zero-order valence-electron chi connectivity index (χ0n) is 16.8. The number of hydrogen-bond acceptors (Lipinski definition) is 0. The van der Waals surface area contributed by atoms with Gasteiger partial charge in [-0.15, -0.1) is 0 Å². The normalized spacial score (nSPS) is 7.52. The third-order valence-electron chi connectivity index (χ3n) is 2.63. The number of hydrogen-bond donors (Lipinski definition) is 0. The van der Waals surface area contributed by atoms with Crippen molar-refractivity contribution in [2.24, 2.45) is 0 Å². The van der Waals surface area contributed by atoms with Crippen molar-refractivity contribution in [1.82, 2.24) is 0 Å². The average Bonchev–Trinajstić information content (AvgIpc) is 2.56. The van der Waals surface area contributed by atoms with Gasteiger partial charge in [0, 0.05) is 0 Å². The summed E-state index contributed by atoms with van der Waals surface area (Å²) in [6.45, 7) is 21.0. The fourth-order valence-electron chi connectivity index (χ4n) is 1.02. The fraction of sp³-hybridized carbons (Fsp3) is 0.714. The molecule has 0 aliphatic rings. The van der Waals surface area contributed by atoms with E-state index < -0.39 is 0 Å². The lowest BCUT2D eigenvalue weighted by Gasteiger charge is -1.93. The summed E-state index contributed by atoms with van der Waals surface area (Å²) in [4.78, 5) is 0. The van der Waals surface area contributed by atoms with E-state index in [1.807, 2.05) is 27.7 Å². The Hall–Kier alpha value is -0.780. The summed E-state index contributed by atoms with van der Waals surface area (Å²) in [5.41, 5.74) is 2.74. The zero-order chi connectivity index (χ0) is 17.5. The van der Waals surface area contributed by atoms with Crippen molar-refractivity contribution < 1.29 is 0 Å². The molecule has 0 fully saturated rings. The third kappa shape index (κ3) is 32.6. The van der Waals surface area contributed by atoms with Crippen LogP contribution >= 0.6 is 0 Å². The minimum atomic E-state index is 1.32. The monoisotopic (exact) mass is 296 g/mol. The maximum Gasteiger partial charge on any atom is -0.0395 e. The van der Waals surface area contributed by atoms with Crippen molar-refractivity contribution in [3.63, 3.8) is 0 Å². The summed E-state index contributed by atoms with van der Waals surface area (Å²) >= 11 is 0. The Morgan fingerprint density at radius 2 is 0.857 bits per heavy atom. The molecule has 0 saturated carbocycles. The van der Waals surface area contributed by atoms with Crippen LogP contribution in [-0.2, 0) is 0 Å². The van der Waals surface area contributed by atoms with Gasteiger partial charge in [0.1, 0.15) is 0 Å². The molecule has 0 atom stereocenters. The van der Waals surface area contributed by atoms with E-state index in [0.29, 0.717) is 0 Å². The maximum atomic E-state index is 2.21. The Morgan fingerprint density at radius 3 is 0.952 bits per heavy atom. The molecule has 0 heterocycles. The summed E-state index contributed by atoms with van der Waals surface area (Å²) < 4.78 is 0. The lowest BCUT2D eigenvalue weighted by molar-refractivity contribution is 0.772. The second-order valence-electron chi connectivity index (χ2n) is 4.44. The van der Waals surface area contributed by atoms with Gasteiger partial charge in [0.15, 0.2) is 0 Å². The summed E-state index contributed by atoms with van der Waals surface area (Å²) in [6.07, 6.45) is 6.72. The molecule has 0 bridgehead atoms. The molecule has 0 aliphatic carbocycles. The van der Waals surface area contributed by atoms with Crippen LogP contribution in [0.15, 0.2) is 24.3 Å². The molecule has 1 rings (SSSR count). The number of rotatable bonds is 3. The van der Waals surface area contributed by atoms with Crippen LogP contribution in [0.3, 0.4) is 0 Å². The van der Waals surface area contributed by atoms with Gasteiger partial charge in [0.2, 0.25) is 0 Å². The van der Waals surface area contributed by atoms with Gasteiger partial charge in [-0.1, -0.05) is 112 Å². The van der Waals surface area contributed by atoms with Crippen molar-refractivity contribution in [2.45, 2.75) is 101 Å². The van der Waals surface area contributed by atoms with Gasteiger partial charge in [-0.25, -0.2) is 0 Å². The molecule has 0 nitrogen and oxygen atoms in total. The van der Waals surface area contributed by atoms with E-state index in [-0.39, 0.29) is 0 Å². The second-order valence-corrected chi connectivity index (χ2v) is 4.44. The Morgan fingerprint density at radius 1 is 0.571 bits per heavy atom. The van der Waals surface area contributed by atoms with Gasteiger partial charge in [-0.2, -0.15) is 0 Å². The van der Waals surface area contributed by atoms with Gasteiger partial charge in [0.25, 0.3) is 0 Å². The lowest BCUT2D eigenvalue weighted by Crippen LogP contribution is -1.74. The Balaban J connectivity index is -0.0000000975. The van der Waals surface area contributed by atoms with Gasteiger partial charge in [0.05, 0.1) is 0 Å². The summed E-state index contributed by atoms with van der Waals surface area (Å²) in [5, 5.41) is 0. The first-order valence-corrected chi connectivity index (χ1v) is 9.16. The van der Waals surface area contributed by atoms with Crippen molar-refractivity contribution >= 4 is 0 Å². The molecule has 21 heavy (non-hydrogen) atoms. The van der Waals surface area contributed by atoms with Crippen molar-refractivity contribution in [3.05, 3.63) is 35.4 Å². The van der Waals surface area contributed by atoms with Gasteiger partial charge >= 0.3 is 0 Å². The largest absolute Gasteiger partial charge is 0.0683 e. The Bertz CT molecular complexity index is 213. The van der Waals surface area contributed by atoms with Crippen molar-refractivity contribution in [2.75, 3.05) is 0 Å². The summed E-state index contributed by atoms with van der Waals surface area (Å²) in [6, 6.07) is 8.36. The molecule has 128 valence electrons. The van der Waals surface area contributed by atoms with Crippen LogP contribution in [0.25, 0.3) is 0 Å². The first-order chi connectivity index (χ1) is 10.1. The minimum absolute atomic E-state index is 1.32. The van der Waals surface area contributed by atoms with Crippen LogP contribution in [0.5, 0.6) is 0 Å². The topological polar surface area (TPSA) is 0 Å². The SMILES string of the molecule is CC.CC.CCCC.CCCCC.Cc1ccccc1C. The summed E-state index contributed by atoms with van der Waals surface area (Å²) in [7, 11) is 0. The highest BCUT2D eigenvalue weighted by molar-refractivity contribution is 5.23. The predicted molar refractivity (Wildman–Crippen MR) is 104 cm³/mol. The van der Waals surface area contributed by atoms with Crippen molar-refractivity contribution in [3.8, 4) is 0 Å². The molecule has 0 amide bonds. The molecule has 1 aromatic rings. The zero-order valence-corrected chi connectivity index (χ0v) is 16.8. The molecular weight excluding hydrogens is 252 g/mol. The molecule has 0 radical (unpaired) electrons. The highest BCUT2D eigenvalue weighted by atomic mass is 13.9. The van der Waals surface area contributed by atoms with E-state index in [9.17, 15) is 0 Å². The lowest BCUT2D eigenvalue weighted by atomic mass is 10.1. The maximum absolute atomic E-state index is 2.21. The van der Waals surface area contributed by atoms with Crippen LogP contribution in [0, 0.1) is 13.8 Å². The van der Waals surface area contributed by atoms with E-state index in [2.05, 4.69) is 65.8 Å².